The largest absolute Gasteiger partial charge is 0.397 e. The van der Waals surface area contributed by atoms with Crippen molar-refractivity contribution in [2.75, 3.05) is 12.3 Å². The van der Waals surface area contributed by atoms with Crippen LogP contribution in [-0.2, 0) is 5.41 Å². The lowest BCUT2D eigenvalue weighted by molar-refractivity contribution is 0.0941. The molecule has 4 N–H and O–H groups in total. The smallest absolute Gasteiger partial charge is 0.267 e. The second-order valence-corrected chi connectivity index (χ2v) is 5.28. The average molecular weight is 257 g/mol. The van der Waals surface area contributed by atoms with Gasteiger partial charge in [-0.15, -0.1) is 0 Å². The number of rotatable bonds is 4. The van der Waals surface area contributed by atoms with Gasteiger partial charge in [-0.25, -0.2) is 0 Å². The Balaban J connectivity index is 2.00. The zero-order valence-electron chi connectivity index (χ0n) is 11.2. The van der Waals surface area contributed by atoms with Gasteiger partial charge in [-0.2, -0.15) is 0 Å². The summed E-state index contributed by atoms with van der Waals surface area (Å²) in [6, 6.07) is 11.8. The van der Waals surface area contributed by atoms with E-state index in [2.05, 4.69) is 36.3 Å². The van der Waals surface area contributed by atoms with Crippen molar-refractivity contribution in [1.82, 2.24) is 10.3 Å². The Hall–Kier alpha value is -2.23. The van der Waals surface area contributed by atoms with Gasteiger partial charge in [-0.3, -0.25) is 4.79 Å². The van der Waals surface area contributed by atoms with Gasteiger partial charge in [0.05, 0.1) is 0 Å². The molecule has 0 aliphatic heterocycles. The highest BCUT2D eigenvalue weighted by molar-refractivity contribution is 5.93. The molecule has 100 valence electrons. The molecule has 4 nitrogen and oxygen atoms in total. The highest BCUT2D eigenvalue weighted by Crippen LogP contribution is 2.21. The summed E-state index contributed by atoms with van der Waals surface area (Å²) in [6.07, 6.45) is 1.61. The molecular formula is C15H19N3O. The minimum absolute atomic E-state index is 0.116. The number of amides is 1. The number of aromatic nitrogens is 1. The van der Waals surface area contributed by atoms with Crippen molar-refractivity contribution in [1.29, 1.82) is 0 Å². The summed E-state index contributed by atoms with van der Waals surface area (Å²) < 4.78 is 0. The Labute approximate surface area is 113 Å². The molecule has 0 fully saturated rings. The number of carbonyl (C=O) groups is 1. The van der Waals surface area contributed by atoms with Gasteiger partial charge in [0.25, 0.3) is 5.91 Å². The van der Waals surface area contributed by atoms with E-state index in [1.54, 1.807) is 12.3 Å². The third-order valence-electron chi connectivity index (χ3n) is 3.20. The van der Waals surface area contributed by atoms with Gasteiger partial charge in [0.2, 0.25) is 0 Å². The Kier molecular flexibility index (Phi) is 3.60. The van der Waals surface area contributed by atoms with Crippen molar-refractivity contribution < 1.29 is 4.79 Å². The molecule has 1 aromatic carbocycles. The number of anilines is 1. The van der Waals surface area contributed by atoms with Crippen LogP contribution in [0.3, 0.4) is 0 Å². The predicted molar refractivity (Wildman–Crippen MR) is 77.0 cm³/mol. The van der Waals surface area contributed by atoms with Gasteiger partial charge in [-0.05, 0) is 11.6 Å². The van der Waals surface area contributed by atoms with E-state index >= 15 is 0 Å². The van der Waals surface area contributed by atoms with Crippen LogP contribution in [0, 0.1) is 0 Å². The van der Waals surface area contributed by atoms with Crippen LogP contribution in [0.4, 0.5) is 5.69 Å². The number of carbonyl (C=O) groups excluding carboxylic acids is 1. The zero-order chi connectivity index (χ0) is 13.9. The fraction of sp³-hybridized carbons (Fsp3) is 0.267. The molecule has 0 radical (unpaired) electrons. The summed E-state index contributed by atoms with van der Waals surface area (Å²) in [5.41, 5.74) is 7.71. The number of H-pyrrole nitrogens is 1. The van der Waals surface area contributed by atoms with Crippen LogP contribution >= 0.6 is 0 Å². The first-order valence-electron chi connectivity index (χ1n) is 6.27. The molecule has 1 aromatic heterocycles. The maximum Gasteiger partial charge on any atom is 0.267 e. The molecule has 0 atom stereocenters. The Morgan fingerprint density at radius 3 is 2.58 bits per heavy atom. The lowest BCUT2D eigenvalue weighted by Gasteiger charge is -2.25. The van der Waals surface area contributed by atoms with Crippen LogP contribution in [0.1, 0.15) is 29.9 Å². The van der Waals surface area contributed by atoms with Gasteiger partial charge in [-0.1, -0.05) is 44.2 Å². The minimum Gasteiger partial charge on any atom is -0.397 e. The monoisotopic (exact) mass is 257 g/mol. The van der Waals surface area contributed by atoms with Crippen LogP contribution in [0.15, 0.2) is 42.6 Å². The third kappa shape index (κ3) is 3.16. The Bertz CT molecular complexity index is 558. The van der Waals surface area contributed by atoms with Gasteiger partial charge >= 0.3 is 0 Å². The lowest BCUT2D eigenvalue weighted by Crippen LogP contribution is -2.36. The molecule has 0 bridgehead atoms. The normalized spacial score (nSPS) is 11.3. The number of benzene rings is 1. The molecule has 2 aromatic rings. The number of aromatic amines is 1. The summed E-state index contributed by atoms with van der Waals surface area (Å²) in [4.78, 5) is 14.8. The van der Waals surface area contributed by atoms with Crippen molar-refractivity contribution in [3.05, 3.63) is 53.9 Å². The van der Waals surface area contributed by atoms with E-state index < -0.39 is 0 Å². The van der Waals surface area contributed by atoms with Crippen molar-refractivity contribution >= 4 is 11.6 Å². The highest BCUT2D eigenvalue weighted by Gasteiger charge is 2.21. The van der Waals surface area contributed by atoms with Gasteiger partial charge < -0.3 is 16.0 Å². The molecule has 0 saturated heterocycles. The van der Waals surface area contributed by atoms with E-state index in [9.17, 15) is 4.79 Å². The fourth-order valence-electron chi connectivity index (χ4n) is 1.93. The molecule has 19 heavy (non-hydrogen) atoms. The molecule has 2 rings (SSSR count). The number of nitrogen functional groups attached to an aromatic ring is 1. The number of hydrogen-bond acceptors (Lipinski definition) is 2. The average Bonchev–Trinajstić information content (AvgIpc) is 2.84. The molecule has 1 heterocycles. The molecule has 0 spiro atoms. The van der Waals surface area contributed by atoms with Crippen molar-refractivity contribution in [2.24, 2.45) is 0 Å². The van der Waals surface area contributed by atoms with Gasteiger partial charge in [0, 0.05) is 23.8 Å². The molecule has 1 amide bonds. The quantitative estimate of drug-likeness (QED) is 0.786. The second kappa shape index (κ2) is 5.18. The van der Waals surface area contributed by atoms with E-state index in [1.807, 2.05) is 18.2 Å². The highest BCUT2D eigenvalue weighted by atomic mass is 16.1. The van der Waals surface area contributed by atoms with Crippen LogP contribution in [0.5, 0.6) is 0 Å². The minimum atomic E-state index is -0.138. The first-order valence-corrected chi connectivity index (χ1v) is 6.27. The maximum absolute atomic E-state index is 11.9. The van der Waals surface area contributed by atoms with E-state index in [4.69, 9.17) is 5.73 Å². The Morgan fingerprint density at radius 1 is 1.32 bits per heavy atom. The molecular weight excluding hydrogens is 238 g/mol. The first-order chi connectivity index (χ1) is 8.99. The van der Waals surface area contributed by atoms with Crippen molar-refractivity contribution in [3.63, 3.8) is 0 Å². The van der Waals surface area contributed by atoms with Crippen LogP contribution in [-0.4, -0.2) is 17.4 Å². The van der Waals surface area contributed by atoms with E-state index in [-0.39, 0.29) is 11.3 Å². The van der Waals surface area contributed by atoms with Gasteiger partial charge in [0.1, 0.15) is 5.69 Å². The van der Waals surface area contributed by atoms with E-state index in [0.29, 0.717) is 17.9 Å². The number of hydrogen-bond donors (Lipinski definition) is 3. The number of nitrogens with two attached hydrogens (primary N) is 1. The predicted octanol–water partition coefficient (Wildman–Crippen LogP) is 2.30. The third-order valence-corrected chi connectivity index (χ3v) is 3.20. The standard InChI is InChI=1S/C15H19N3O/c1-15(2,11-6-4-3-5-7-11)10-18-14(19)13-8-12(16)9-17-13/h3-9,17H,10,16H2,1-2H3,(H,18,19). The summed E-state index contributed by atoms with van der Waals surface area (Å²) in [6.45, 7) is 4.77. The molecule has 0 saturated carbocycles. The van der Waals surface area contributed by atoms with Crippen molar-refractivity contribution in [3.8, 4) is 0 Å². The molecule has 4 heteroatoms. The van der Waals surface area contributed by atoms with E-state index in [1.165, 1.54) is 5.56 Å². The van der Waals surface area contributed by atoms with Crippen LogP contribution in [0.2, 0.25) is 0 Å². The number of nitrogens with one attached hydrogen (secondary N) is 2. The summed E-state index contributed by atoms with van der Waals surface area (Å²) in [7, 11) is 0. The van der Waals surface area contributed by atoms with Crippen LogP contribution in [0.25, 0.3) is 0 Å². The molecule has 0 aliphatic carbocycles. The Morgan fingerprint density at radius 2 is 2.00 bits per heavy atom. The molecule has 0 unspecified atom stereocenters. The summed E-state index contributed by atoms with van der Waals surface area (Å²) in [5, 5.41) is 2.93. The maximum atomic E-state index is 11.9. The summed E-state index contributed by atoms with van der Waals surface area (Å²) >= 11 is 0. The lowest BCUT2D eigenvalue weighted by atomic mass is 9.84. The fourth-order valence-corrected chi connectivity index (χ4v) is 1.93. The van der Waals surface area contributed by atoms with E-state index in [0.717, 1.165) is 0 Å². The summed E-state index contributed by atoms with van der Waals surface area (Å²) in [5.74, 6) is -0.138. The zero-order valence-corrected chi connectivity index (χ0v) is 11.2. The van der Waals surface area contributed by atoms with Gasteiger partial charge in [0.15, 0.2) is 0 Å². The first kappa shape index (κ1) is 13.2. The molecule has 0 aliphatic rings. The van der Waals surface area contributed by atoms with Crippen LogP contribution < -0.4 is 11.1 Å². The second-order valence-electron chi connectivity index (χ2n) is 5.28. The topological polar surface area (TPSA) is 70.9 Å². The van der Waals surface area contributed by atoms with Crippen molar-refractivity contribution in [2.45, 2.75) is 19.3 Å². The SMILES string of the molecule is CC(C)(CNC(=O)c1cc(N)c[nH]1)c1ccccc1.